The van der Waals surface area contributed by atoms with Crippen LogP contribution in [0.4, 0.5) is 0 Å². The van der Waals surface area contributed by atoms with E-state index in [1.165, 1.54) is 22.3 Å². The van der Waals surface area contributed by atoms with Gasteiger partial charge in [-0.25, -0.2) is 0 Å². The summed E-state index contributed by atoms with van der Waals surface area (Å²) in [6.45, 7) is 2.16. The standard InChI is InChI=1S/C17H19Br3OSi/c1-2-13-5-7-14(8-6-13)17-10-9-16(21)12-15(17)4-3-11-22(18,19)20/h5-10,12,21H,2-4,11H2,1H3. The molecule has 0 unspecified atom stereocenters. The third-order valence-electron chi connectivity index (χ3n) is 3.67. The summed E-state index contributed by atoms with van der Waals surface area (Å²) >= 11 is 11.0. The number of rotatable bonds is 6. The van der Waals surface area contributed by atoms with Crippen molar-refractivity contribution in [1.29, 1.82) is 0 Å². The number of benzene rings is 2. The van der Waals surface area contributed by atoms with Crippen molar-refractivity contribution in [2.24, 2.45) is 0 Å². The molecule has 0 aliphatic heterocycles. The largest absolute Gasteiger partial charge is 0.508 e. The molecule has 5 heteroatoms. The van der Waals surface area contributed by atoms with Crippen molar-refractivity contribution >= 4 is 49.8 Å². The smallest absolute Gasteiger partial charge is 0.267 e. The molecule has 0 amide bonds. The molecule has 0 aliphatic carbocycles. The van der Waals surface area contributed by atoms with Gasteiger partial charge in [0.1, 0.15) is 5.75 Å². The van der Waals surface area contributed by atoms with Gasteiger partial charge in [-0.3, -0.25) is 0 Å². The Hall–Kier alpha value is -0.103. The number of aryl methyl sites for hydroxylation is 2. The highest BCUT2D eigenvalue weighted by Crippen LogP contribution is 2.35. The van der Waals surface area contributed by atoms with Crippen molar-refractivity contribution in [3.05, 3.63) is 53.6 Å². The first-order chi connectivity index (χ1) is 10.4. The molecule has 0 aromatic heterocycles. The molecule has 118 valence electrons. The second-order valence-electron chi connectivity index (χ2n) is 5.36. The zero-order valence-corrected chi connectivity index (χ0v) is 18.2. The first kappa shape index (κ1) is 18.2. The maximum atomic E-state index is 9.81. The molecule has 2 aromatic carbocycles. The minimum Gasteiger partial charge on any atom is -0.508 e. The zero-order valence-electron chi connectivity index (χ0n) is 12.5. The van der Waals surface area contributed by atoms with Crippen molar-refractivity contribution in [2.45, 2.75) is 32.2 Å². The Morgan fingerprint density at radius 1 is 1.00 bits per heavy atom. The zero-order chi connectivity index (χ0) is 16.2. The lowest BCUT2D eigenvalue weighted by molar-refractivity contribution is 0.474. The number of hydrogen-bond donors (Lipinski definition) is 1. The normalized spacial score (nSPS) is 11.6. The maximum Gasteiger partial charge on any atom is 0.267 e. The fraction of sp³-hybridized carbons (Fsp3) is 0.294. The van der Waals surface area contributed by atoms with E-state index in [-0.39, 0.29) is 0 Å². The molecular formula is C17H19Br3OSi. The van der Waals surface area contributed by atoms with E-state index >= 15 is 0 Å². The number of halogens is 3. The van der Waals surface area contributed by atoms with Crippen molar-refractivity contribution in [3.63, 3.8) is 0 Å². The quantitative estimate of drug-likeness (QED) is 0.342. The minimum atomic E-state index is -1.56. The van der Waals surface area contributed by atoms with Crippen molar-refractivity contribution in [3.8, 4) is 16.9 Å². The van der Waals surface area contributed by atoms with E-state index in [4.69, 9.17) is 0 Å². The summed E-state index contributed by atoms with van der Waals surface area (Å²) < 4.78 is -1.56. The summed E-state index contributed by atoms with van der Waals surface area (Å²) in [5.74, 6) is 0.337. The van der Waals surface area contributed by atoms with Gasteiger partial charge in [0.05, 0.1) is 0 Å². The number of phenolic OH excluding ortho intramolecular Hbond substituents is 1. The van der Waals surface area contributed by atoms with Gasteiger partial charge in [0.15, 0.2) is 0 Å². The van der Waals surface area contributed by atoms with Gasteiger partial charge in [0, 0.05) is 0 Å². The average Bonchev–Trinajstić information content (AvgIpc) is 2.46. The minimum absolute atomic E-state index is 0.337. The SMILES string of the molecule is CCc1ccc(-c2ccc(O)cc2CCC[Si](Br)(Br)Br)cc1. The molecule has 0 atom stereocenters. The molecular weight excluding hydrogens is 488 g/mol. The molecule has 0 heterocycles. The third-order valence-corrected chi connectivity index (χ3v) is 8.16. The molecule has 0 bridgehead atoms. The summed E-state index contributed by atoms with van der Waals surface area (Å²) in [7, 11) is 0. The van der Waals surface area contributed by atoms with Crippen LogP contribution in [0.2, 0.25) is 6.04 Å². The second kappa shape index (κ2) is 8.13. The summed E-state index contributed by atoms with van der Waals surface area (Å²) in [5, 5.41) is 9.81. The van der Waals surface area contributed by atoms with Crippen LogP contribution in [-0.4, -0.2) is 9.04 Å². The Kier molecular flexibility index (Phi) is 6.74. The van der Waals surface area contributed by atoms with E-state index in [1.807, 2.05) is 12.1 Å². The fourth-order valence-electron chi connectivity index (χ4n) is 2.47. The summed E-state index contributed by atoms with van der Waals surface area (Å²) in [5.41, 5.74) is 4.98. The van der Waals surface area contributed by atoms with Crippen LogP contribution in [-0.2, 0) is 12.8 Å². The van der Waals surface area contributed by atoms with E-state index in [1.54, 1.807) is 6.07 Å². The first-order valence-corrected chi connectivity index (χ1v) is 16.3. The lowest BCUT2D eigenvalue weighted by Gasteiger charge is -2.13. The summed E-state index contributed by atoms with van der Waals surface area (Å²) in [6, 6.07) is 15.5. The van der Waals surface area contributed by atoms with Gasteiger partial charge in [0.25, 0.3) is 3.93 Å². The van der Waals surface area contributed by atoms with Gasteiger partial charge in [-0.05, 0) is 59.7 Å². The molecule has 0 aliphatic rings. The Bertz CT molecular complexity index is 621. The van der Waals surface area contributed by atoms with Gasteiger partial charge in [-0.1, -0.05) is 83.1 Å². The van der Waals surface area contributed by atoms with Crippen LogP contribution < -0.4 is 0 Å². The Labute approximate surface area is 156 Å². The van der Waals surface area contributed by atoms with Crippen molar-refractivity contribution in [1.82, 2.24) is 0 Å². The summed E-state index contributed by atoms with van der Waals surface area (Å²) in [6.07, 6.45) is 3.07. The average molecular weight is 507 g/mol. The second-order valence-corrected chi connectivity index (χ2v) is 28.9. The van der Waals surface area contributed by atoms with Crippen LogP contribution >= 0.6 is 45.9 Å². The number of phenols is 1. The van der Waals surface area contributed by atoms with Crippen LogP contribution in [0.1, 0.15) is 24.5 Å². The molecule has 0 spiro atoms. The lowest BCUT2D eigenvalue weighted by atomic mass is 9.95. The van der Waals surface area contributed by atoms with Gasteiger partial charge < -0.3 is 5.11 Å². The molecule has 0 saturated carbocycles. The first-order valence-electron chi connectivity index (χ1n) is 7.37. The predicted octanol–water partition coefficient (Wildman–Crippen LogP) is 6.68. The third kappa shape index (κ3) is 5.51. The number of aromatic hydroxyl groups is 1. The highest BCUT2D eigenvalue weighted by molar-refractivity contribution is 9.72. The van der Waals surface area contributed by atoms with Crippen molar-refractivity contribution in [2.75, 3.05) is 0 Å². The molecule has 2 aromatic rings. The molecule has 0 fully saturated rings. The van der Waals surface area contributed by atoms with Gasteiger partial charge in [0.2, 0.25) is 0 Å². The van der Waals surface area contributed by atoms with E-state index in [0.717, 1.165) is 25.3 Å². The van der Waals surface area contributed by atoms with Crippen LogP contribution in [0, 0.1) is 0 Å². The molecule has 1 nitrogen and oxygen atoms in total. The topological polar surface area (TPSA) is 20.2 Å². The van der Waals surface area contributed by atoms with Crippen LogP contribution in [0.25, 0.3) is 11.1 Å². The van der Waals surface area contributed by atoms with E-state index in [2.05, 4.69) is 77.1 Å². The molecule has 22 heavy (non-hydrogen) atoms. The number of hydrogen-bond acceptors (Lipinski definition) is 1. The Morgan fingerprint density at radius 3 is 2.27 bits per heavy atom. The van der Waals surface area contributed by atoms with E-state index in [0.29, 0.717) is 5.75 Å². The maximum absolute atomic E-state index is 9.81. The Balaban J connectivity index is 2.23. The molecule has 2 rings (SSSR count). The molecule has 0 radical (unpaired) electrons. The van der Waals surface area contributed by atoms with Gasteiger partial charge in [-0.15, -0.1) is 0 Å². The highest BCUT2D eigenvalue weighted by atomic mass is 80.0. The fourth-order valence-corrected chi connectivity index (χ4v) is 5.57. The monoisotopic (exact) mass is 504 g/mol. The summed E-state index contributed by atoms with van der Waals surface area (Å²) in [4.78, 5) is 0. The van der Waals surface area contributed by atoms with Gasteiger partial charge >= 0.3 is 0 Å². The molecule has 1 N–H and O–H groups in total. The lowest BCUT2D eigenvalue weighted by Crippen LogP contribution is -2.06. The van der Waals surface area contributed by atoms with Crippen LogP contribution in [0.15, 0.2) is 42.5 Å². The van der Waals surface area contributed by atoms with Crippen molar-refractivity contribution < 1.29 is 5.11 Å². The van der Waals surface area contributed by atoms with Crippen LogP contribution in [0.3, 0.4) is 0 Å². The van der Waals surface area contributed by atoms with Gasteiger partial charge in [-0.2, -0.15) is 0 Å². The van der Waals surface area contributed by atoms with Crippen LogP contribution in [0.5, 0.6) is 5.75 Å². The van der Waals surface area contributed by atoms with E-state index in [9.17, 15) is 5.11 Å². The molecule has 0 saturated heterocycles. The predicted molar refractivity (Wildman–Crippen MR) is 109 cm³/mol. The highest BCUT2D eigenvalue weighted by Gasteiger charge is 2.21. The Morgan fingerprint density at radius 2 is 1.68 bits per heavy atom. The van der Waals surface area contributed by atoms with E-state index < -0.39 is 3.93 Å².